The molecule has 0 amide bonds. The van der Waals surface area contributed by atoms with Crippen LogP contribution in [0.4, 0.5) is 0 Å². The van der Waals surface area contributed by atoms with Gasteiger partial charge >= 0.3 is 0 Å². The van der Waals surface area contributed by atoms with Crippen LogP contribution in [-0.4, -0.2) is 41.2 Å². The fourth-order valence-corrected chi connectivity index (χ4v) is 6.73. The second kappa shape index (κ2) is 7.48. The number of fused-ring (bicyclic) bond motifs is 1. The molecule has 2 aliphatic carbocycles. The number of Topliss-reactive ketones (excluding diaryl/α,β-unsaturated/α-hetero) is 1. The van der Waals surface area contributed by atoms with Gasteiger partial charge in [0.2, 0.25) is 0 Å². The SMILES string of the molecule is CSc1ccc(C(=O)CN2CC[C@@]34CCCC[C@H]3[C@@H]2Cc2ccc(O)cc24)cc1. The molecule has 4 heteroatoms. The summed E-state index contributed by atoms with van der Waals surface area (Å²) in [6.07, 6.45) is 9.19. The average Bonchev–Trinajstić information content (AvgIpc) is 2.76. The molecule has 1 N–H and O–H groups in total. The van der Waals surface area contributed by atoms with Crippen LogP contribution in [-0.2, 0) is 11.8 Å². The van der Waals surface area contributed by atoms with Crippen LogP contribution < -0.4 is 0 Å². The maximum Gasteiger partial charge on any atom is 0.176 e. The lowest BCUT2D eigenvalue weighted by molar-refractivity contribution is -0.00848. The summed E-state index contributed by atoms with van der Waals surface area (Å²) in [6.45, 7) is 1.49. The molecule has 2 aromatic rings. The highest BCUT2D eigenvalue weighted by Gasteiger charge is 2.53. The van der Waals surface area contributed by atoms with Crippen molar-refractivity contribution in [2.24, 2.45) is 5.92 Å². The Balaban J connectivity index is 1.43. The molecule has 0 aromatic heterocycles. The fraction of sp³-hybridized carbons (Fsp3) is 0.480. The number of rotatable bonds is 4. The lowest BCUT2D eigenvalue weighted by Crippen LogP contribution is -2.61. The van der Waals surface area contributed by atoms with Crippen LogP contribution >= 0.6 is 11.8 Å². The first-order chi connectivity index (χ1) is 14.1. The molecule has 1 aliphatic heterocycles. The van der Waals surface area contributed by atoms with Gasteiger partial charge in [0.15, 0.2) is 5.78 Å². The minimum atomic E-state index is 0.203. The largest absolute Gasteiger partial charge is 0.508 e. The van der Waals surface area contributed by atoms with Crippen molar-refractivity contribution in [3.05, 3.63) is 59.2 Å². The Hall–Kier alpha value is -1.78. The lowest BCUT2D eigenvalue weighted by Gasteiger charge is -2.59. The molecule has 0 unspecified atom stereocenters. The number of piperidine rings is 1. The lowest BCUT2D eigenvalue weighted by atomic mass is 9.52. The van der Waals surface area contributed by atoms with Gasteiger partial charge in [0.1, 0.15) is 5.75 Å². The van der Waals surface area contributed by atoms with Gasteiger partial charge in [-0.15, -0.1) is 11.8 Å². The van der Waals surface area contributed by atoms with E-state index in [9.17, 15) is 9.90 Å². The molecule has 2 fully saturated rings. The van der Waals surface area contributed by atoms with Crippen molar-refractivity contribution in [3.63, 3.8) is 0 Å². The van der Waals surface area contributed by atoms with Gasteiger partial charge in [0, 0.05) is 21.9 Å². The normalized spacial score (nSPS) is 28.4. The Bertz CT molecular complexity index is 925. The van der Waals surface area contributed by atoms with E-state index in [1.165, 1.54) is 41.7 Å². The van der Waals surface area contributed by atoms with E-state index < -0.39 is 0 Å². The number of nitrogens with zero attached hydrogens (tertiary/aromatic N) is 1. The number of carbonyl (C=O) groups excluding carboxylic acids is 1. The number of phenols is 1. The zero-order chi connectivity index (χ0) is 20.0. The number of ketones is 1. The highest BCUT2D eigenvalue weighted by Crippen LogP contribution is 2.56. The van der Waals surface area contributed by atoms with E-state index in [0.29, 0.717) is 24.3 Å². The van der Waals surface area contributed by atoms with E-state index in [2.05, 4.69) is 17.2 Å². The quantitative estimate of drug-likeness (QED) is 0.568. The first kappa shape index (κ1) is 19.2. The molecular weight excluding hydrogens is 378 g/mol. The number of hydrogen-bond acceptors (Lipinski definition) is 4. The number of carbonyl (C=O) groups is 1. The van der Waals surface area contributed by atoms with Crippen molar-refractivity contribution in [3.8, 4) is 5.75 Å². The third-order valence-corrected chi connectivity index (χ3v) is 8.44. The molecule has 2 aromatic carbocycles. The fourth-order valence-electron chi connectivity index (χ4n) is 6.32. The number of benzene rings is 2. The van der Waals surface area contributed by atoms with E-state index >= 15 is 0 Å². The van der Waals surface area contributed by atoms with Crippen LogP contribution in [0, 0.1) is 5.92 Å². The molecule has 2 bridgehead atoms. The van der Waals surface area contributed by atoms with Gasteiger partial charge in [-0.05, 0) is 79.8 Å². The third-order valence-electron chi connectivity index (χ3n) is 7.69. The number of aromatic hydroxyl groups is 1. The maximum absolute atomic E-state index is 13.0. The number of thioether (sulfide) groups is 1. The van der Waals surface area contributed by atoms with Crippen molar-refractivity contribution in [1.82, 2.24) is 4.90 Å². The Morgan fingerprint density at radius 2 is 2.00 bits per heavy atom. The van der Waals surface area contributed by atoms with Crippen LogP contribution in [0.1, 0.15) is 53.6 Å². The Kier molecular flexibility index (Phi) is 4.95. The minimum absolute atomic E-state index is 0.203. The molecule has 0 radical (unpaired) electrons. The van der Waals surface area contributed by atoms with Gasteiger partial charge < -0.3 is 5.11 Å². The minimum Gasteiger partial charge on any atom is -0.508 e. The van der Waals surface area contributed by atoms with Crippen LogP contribution in [0.2, 0.25) is 0 Å². The van der Waals surface area contributed by atoms with E-state index in [0.717, 1.165) is 24.9 Å². The monoisotopic (exact) mass is 407 g/mol. The number of likely N-dealkylation sites (tertiary alicyclic amines) is 1. The summed E-state index contributed by atoms with van der Waals surface area (Å²) in [6, 6.07) is 14.5. The topological polar surface area (TPSA) is 40.5 Å². The molecular formula is C25H29NO2S. The molecule has 152 valence electrons. The molecule has 5 rings (SSSR count). The van der Waals surface area contributed by atoms with Gasteiger partial charge in [-0.3, -0.25) is 9.69 Å². The summed E-state index contributed by atoms with van der Waals surface area (Å²) in [7, 11) is 0. The summed E-state index contributed by atoms with van der Waals surface area (Å²) < 4.78 is 0. The van der Waals surface area contributed by atoms with E-state index in [1.54, 1.807) is 11.8 Å². The molecule has 29 heavy (non-hydrogen) atoms. The summed E-state index contributed by atoms with van der Waals surface area (Å²) >= 11 is 1.70. The molecule has 1 saturated heterocycles. The van der Waals surface area contributed by atoms with Gasteiger partial charge in [0.05, 0.1) is 6.54 Å². The summed E-state index contributed by atoms with van der Waals surface area (Å²) in [4.78, 5) is 16.7. The molecule has 0 spiro atoms. The van der Waals surface area contributed by atoms with Gasteiger partial charge in [-0.2, -0.15) is 0 Å². The van der Waals surface area contributed by atoms with Gasteiger partial charge in [-0.25, -0.2) is 0 Å². The molecule has 3 aliphatic rings. The molecule has 1 saturated carbocycles. The van der Waals surface area contributed by atoms with Gasteiger partial charge in [0.25, 0.3) is 0 Å². The smallest absolute Gasteiger partial charge is 0.176 e. The van der Waals surface area contributed by atoms with Crippen molar-refractivity contribution in [1.29, 1.82) is 0 Å². The van der Waals surface area contributed by atoms with Crippen molar-refractivity contribution in [2.45, 2.75) is 54.9 Å². The summed E-state index contributed by atoms with van der Waals surface area (Å²) in [5.74, 6) is 1.23. The molecule has 1 heterocycles. The highest BCUT2D eigenvalue weighted by molar-refractivity contribution is 7.98. The van der Waals surface area contributed by atoms with Crippen molar-refractivity contribution in [2.75, 3.05) is 19.3 Å². The van der Waals surface area contributed by atoms with E-state index in [1.807, 2.05) is 36.4 Å². The second-order valence-electron chi connectivity index (χ2n) is 8.99. The Morgan fingerprint density at radius 3 is 2.79 bits per heavy atom. The predicted molar refractivity (Wildman–Crippen MR) is 118 cm³/mol. The molecule has 3 atom stereocenters. The predicted octanol–water partition coefficient (Wildman–Crippen LogP) is 5.06. The van der Waals surface area contributed by atoms with Crippen LogP contribution in [0.15, 0.2) is 47.4 Å². The number of hydrogen-bond donors (Lipinski definition) is 1. The van der Waals surface area contributed by atoms with Crippen molar-refractivity contribution >= 4 is 17.5 Å². The zero-order valence-corrected chi connectivity index (χ0v) is 17.9. The van der Waals surface area contributed by atoms with E-state index in [4.69, 9.17) is 0 Å². The average molecular weight is 408 g/mol. The summed E-state index contributed by atoms with van der Waals surface area (Å²) in [5, 5.41) is 10.2. The van der Waals surface area contributed by atoms with Crippen LogP contribution in [0.5, 0.6) is 5.75 Å². The first-order valence-corrected chi connectivity index (χ1v) is 12.1. The summed E-state index contributed by atoms with van der Waals surface area (Å²) in [5.41, 5.74) is 3.81. The first-order valence-electron chi connectivity index (χ1n) is 10.8. The second-order valence-corrected chi connectivity index (χ2v) is 9.87. The number of phenolic OH excluding ortho intramolecular Hbond substituents is 1. The third kappa shape index (κ3) is 3.21. The molecule has 3 nitrogen and oxygen atoms in total. The van der Waals surface area contributed by atoms with Crippen LogP contribution in [0.3, 0.4) is 0 Å². The Morgan fingerprint density at radius 1 is 1.17 bits per heavy atom. The van der Waals surface area contributed by atoms with E-state index in [-0.39, 0.29) is 11.2 Å². The highest BCUT2D eigenvalue weighted by atomic mass is 32.2. The standard InChI is InChI=1S/C25H29NO2S/c1-29-20-9-6-17(7-10-20)24(28)16-26-13-12-25-11-3-2-4-21(25)23(26)14-18-5-8-19(27)15-22(18)25/h5-10,15,21,23,27H,2-4,11-14,16H2,1H3/t21-,23-,25-/m0/s1. The van der Waals surface area contributed by atoms with Crippen molar-refractivity contribution < 1.29 is 9.90 Å². The van der Waals surface area contributed by atoms with Crippen LogP contribution in [0.25, 0.3) is 0 Å². The Labute approximate surface area is 177 Å². The zero-order valence-electron chi connectivity index (χ0n) is 17.1. The van der Waals surface area contributed by atoms with Gasteiger partial charge in [-0.1, -0.05) is 31.0 Å². The maximum atomic E-state index is 13.0.